The van der Waals surface area contributed by atoms with Crippen molar-refractivity contribution in [1.82, 2.24) is 0 Å². The molecular weight excluding hydrogens is 174 g/mol. The molecule has 0 heterocycles. The van der Waals surface area contributed by atoms with E-state index in [2.05, 4.69) is 18.3 Å². The fourth-order valence-corrected chi connectivity index (χ4v) is 0.927. The van der Waals surface area contributed by atoms with Gasteiger partial charge in [0.2, 0.25) is 5.88 Å². The maximum Gasteiger partial charge on any atom is 0.218 e. The summed E-state index contributed by atoms with van der Waals surface area (Å²) in [5.74, 6) is 1.20. The van der Waals surface area contributed by atoms with E-state index in [9.17, 15) is 0 Å². The van der Waals surface area contributed by atoms with Crippen LogP contribution in [-0.4, -0.2) is 6.72 Å². The van der Waals surface area contributed by atoms with Crippen LogP contribution in [0.4, 0.5) is 0 Å². The van der Waals surface area contributed by atoms with Gasteiger partial charge in [0.05, 0.1) is 0 Å². The van der Waals surface area contributed by atoms with E-state index >= 15 is 0 Å². The molecule has 0 radical (unpaired) electrons. The minimum Gasteiger partial charge on any atom is -0.439 e. The van der Waals surface area contributed by atoms with E-state index in [4.69, 9.17) is 4.74 Å². The number of allylic oxidation sites excluding steroid dienone is 2. The lowest BCUT2D eigenvalue weighted by Gasteiger charge is -2.04. The van der Waals surface area contributed by atoms with Crippen LogP contribution in [-0.2, 0) is 0 Å². The Labute approximate surface area is 84.3 Å². The molecule has 2 nitrogen and oxygen atoms in total. The Balaban J connectivity index is 2.76. The Morgan fingerprint density at radius 1 is 1.36 bits per heavy atom. The van der Waals surface area contributed by atoms with E-state index in [0.29, 0.717) is 5.88 Å². The van der Waals surface area contributed by atoms with Crippen LogP contribution >= 0.6 is 0 Å². The van der Waals surface area contributed by atoms with E-state index in [1.165, 1.54) is 0 Å². The zero-order valence-electron chi connectivity index (χ0n) is 8.23. The topological polar surface area (TPSA) is 21.6 Å². The van der Waals surface area contributed by atoms with Crippen molar-refractivity contribution >= 4 is 6.72 Å². The Morgan fingerprint density at radius 2 is 2.00 bits per heavy atom. The molecule has 1 aromatic rings. The number of aliphatic imine (C=N–C) groups is 1. The molecule has 1 rings (SSSR count). The van der Waals surface area contributed by atoms with Crippen molar-refractivity contribution in [3.05, 3.63) is 54.4 Å². The number of hydrogen-bond donors (Lipinski definition) is 0. The normalized spacial score (nSPS) is 10.8. The van der Waals surface area contributed by atoms with E-state index in [-0.39, 0.29) is 0 Å². The molecule has 0 N–H and O–H groups in total. The molecule has 0 saturated heterocycles. The third kappa shape index (κ3) is 3.27. The number of nitrogens with zero attached hydrogens (tertiary/aromatic N) is 1. The van der Waals surface area contributed by atoms with Crippen LogP contribution in [0, 0.1) is 0 Å². The molecule has 0 aliphatic carbocycles. The summed E-state index contributed by atoms with van der Waals surface area (Å²) in [5.41, 5.74) is 0.878. The number of rotatable bonds is 4. The molecule has 72 valence electrons. The molecule has 0 fully saturated rings. The molecule has 0 unspecified atom stereocenters. The molecule has 0 aliphatic heterocycles. The first-order chi connectivity index (χ1) is 6.72. The molecule has 14 heavy (non-hydrogen) atoms. The van der Waals surface area contributed by atoms with Gasteiger partial charge in [0.25, 0.3) is 0 Å². The summed E-state index contributed by atoms with van der Waals surface area (Å²) < 4.78 is 5.45. The first-order valence-corrected chi connectivity index (χ1v) is 4.29. The standard InChI is InChI=1S/C12H13NO/c1-10(2)9-12(13-3)14-11-7-5-4-6-8-11/h4-9H,1,3H2,2H3/b12-9+. The SMILES string of the molecule is C=N/C(=C\C(=C)C)Oc1ccccc1. The average molecular weight is 187 g/mol. The van der Waals surface area contributed by atoms with Crippen LogP contribution in [0.3, 0.4) is 0 Å². The second-order valence-electron chi connectivity index (χ2n) is 2.90. The number of para-hydroxylation sites is 1. The molecule has 0 aromatic heterocycles. The zero-order chi connectivity index (χ0) is 10.4. The van der Waals surface area contributed by atoms with Gasteiger partial charge in [-0.3, -0.25) is 0 Å². The highest BCUT2D eigenvalue weighted by atomic mass is 16.5. The zero-order valence-corrected chi connectivity index (χ0v) is 8.23. The van der Waals surface area contributed by atoms with Crippen LogP contribution in [0.15, 0.2) is 59.4 Å². The van der Waals surface area contributed by atoms with Gasteiger partial charge in [-0.1, -0.05) is 30.4 Å². The molecule has 0 saturated carbocycles. The molecule has 2 heteroatoms. The second-order valence-corrected chi connectivity index (χ2v) is 2.90. The lowest BCUT2D eigenvalue weighted by atomic mass is 10.3. The minimum absolute atomic E-state index is 0.462. The van der Waals surface area contributed by atoms with Crippen molar-refractivity contribution in [2.24, 2.45) is 4.99 Å². The highest BCUT2D eigenvalue weighted by Gasteiger charge is 1.96. The van der Waals surface area contributed by atoms with E-state index in [0.717, 1.165) is 11.3 Å². The molecule has 1 aromatic carbocycles. The van der Waals surface area contributed by atoms with Crippen molar-refractivity contribution in [3.8, 4) is 5.75 Å². The fourth-order valence-electron chi connectivity index (χ4n) is 0.927. The molecule has 0 amide bonds. The summed E-state index contributed by atoms with van der Waals surface area (Å²) in [4.78, 5) is 3.75. The van der Waals surface area contributed by atoms with Gasteiger partial charge in [-0.05, 0) is 25.8 Å². The van der Waals surface area contributed by atoms with Crippen molar-refractivity contribution in [2.45, 2.75) is 6.92 Å². The monoisotopic (exact) mass is 187 g/mol. The Hall–Kier alpha value is -1.83. The van der Waals surface area contributed by atoms with Crippen LogP contribution < -0.4 is 4.74 Å². The highest BCUT2D eigenvalue weighted by Crippen LogP contribution is 2.13. The van der Waals surface area contributed by atoms with Crippen LogP contribution in [0.25, 0.3) is 0 Å². The van der Waals surface area contributed by atoms with Crippen LogP contribution in [0.1, 0.15) is 6.92 Å². The molecular formula is C12H13NO. The fraction of sp³-hybridized carbons (Fsp3) is 0.0833. The van der Waals surface area contributed by atoms with Crippen molar-refractivity contribution in [3.63, 3.8) is 0 Å². The summed E-state index contributed by atoms with van der Waals surface area (Å²) >= 11 is 0. The maximum atomic E-state index is 5.45. The lowest BCUT2D eigenvalue weighted by molar-refractivity contribution is 0.421. The first-order valence-electron chi connectivity index (χ1n) is 4.29. The van der Waals surface area contributed by atoms with Gasteiger partial charge in [0, 0.05) is 6.08 Å². The number of ether oxygens (including phenoxy) is 1. The minimum atomic E-state index is 0.462. The highest BCUT2D eigenvalue weighted by molar-refractivity contribution is 5.32. The van der Waals surface area contributed by atoms with Crippen molar-refractivity contribution in [1.29, 1.82) is 0 Å². The first kappa shape index (κ1) is 10.3. The van der Waals surface area contributed by atoms with Crippen molar-refractivity contribution < 1.29 is 4.74 Å². The van der Waals surface area contributed by atoms with Crippen molar-refractivity contribution in [2.75, 3.05) is 0 Å². The predicted octanol–water partition coefficient (Wildman–Crippen LogP) is 3.18. The predicted molar refractivity (Wildman–Crippen MR) is 59.5 cm³/mol. The van der Waals surface area contributed by atoms with Crippen LogP contribution in [0.2, 0.25) is 0 Å². The van der Waals surface area contributed by atoms with Crippen LogP contribution in [0.5, 0.6) is 5.75 Å². The Morgan fingerprint density at radius 3 is 2.50 bits per heavy atom. The summed E-state index contributed by atoms with van der Waals surface area (Å²) in [6.07, 6.45) is 1.74. The maximum absolute atomic E-state index is 5.45. The summed E-state index contributed by atoms with van der Waals surface area (Å²) in [7, 11) is 0. The van der Waals surface area contributed by atoms with Gasteiger partial charge < -0.3 is 4.74 Å². The van der Waals surface area contributed by atoms with E-state index in [1.807, 2.05) is 37.3 Å². The van der Waals surface area contributed by atoms with Gasteiger partial charge in [-0.15, -0.1) is 0 Å². The van der Waals surface area contributed by atoms with E-state index < -0.39 is 0 Å². The average Bonchev–Trinajstić information content (AvgIpc) is 2.17. The largest absolute Gasteiger partial charge is 0.439 e. The van der Waals surface area contributed by atoms with E-state index in [1.54, 1.807) is 6.08 Å². The summed E-state index contributed by atoms with van der Waals surface area (Å²) in [5, 5.41) is 0. The Bertz CT molecular complexity index is 352. The molecule has 0 bridgehead atoms. The number of benzene rings is 1. The van der Waals surface area contributed by atoms with Gasteiger partial charge in [0.1, 0.15) is 5.75 Å². The van der Waals surface area contributed by atoms with Gasteiger partial charge in [0.15, 0.2) is 0 Å². The summed E-state index contributed by atoms with van der Waals surface area (Å²) in [6, 6.07) is 9.44. The lowest BCUT2D eigenvalue weighted by Crippen LogP contribution is -1.91. The van der Waals surface area contributed by atoms with Gasteiger partial charge in [-0.25, -0.2) is 4.99 Å². The molecule has 0 spiro atoms. The summed E-state index contributed by atoms with van der Waals surface area (Å²) in [6.45, 7) is 9.04. The second kappa shape index (κ2) is 5.02. The Kier molecular flexibility index (Phi) is 3.68. The molecule has 0 atom stereocenters. The smallest absolute Gasteiger partial charge is 0.218 e. The number of hydrogen-bond acceptors (Lipinski definition) is 2. The van der Waals surface area contributed by atoms with Gasteiger partial charge in [-0.2, -0.15) is 0 Å². The molecule has 0 aliphatic rings. The third-order valence-corrected chi connectivity index (χ3v) is 1.49. The quantitative estimate of drug-likeness (QED) is 0.403. The third-order valence-electron chi connectivity index (χ3n) is 1.49. The van der Waals surface area contributed by atoms with Gasteiger partial charge >= 0.3 is 0 Å².